The number of nitrogens with zero attached hydrogens (tertiary/aromatic N) is 1. The SMILES string of the molecule is CCOC1CCCN(C(CN)c2ccc(Cl)c(Br)c2)C1. The number of halogens is 2. The lowest BCUT2D eigenvalue weighted by Gasteiger charge is -2.38. The largest absolute Gasteiger partial charge is 0.377 e. The van der Waals surface area contributed by atoms with Gasteiger partial charge in [0, 0.05) is 30.2 Å². The van der Waals surface area contributed by atoms with E-state index in [2.05, 4.69) is 39.9 Å². The molecule has 1 aliphatic heterocycles. The highest BCUT2D eigenvalue weighted by Gasteiger charge is 2.26. The summed E-state index contributed by atoms with van der Waals surface area (Å²) in [5.74, 6) is 0. The van der Waals surface area contributed by atoms with Gasteiger partial charge in [-0.25, -0.2) is 0 Å². The summed E-state index contributed by atoms with van der Waals surface area (Å²) in [6.07, 6.45) is 2.64. The van der Waals surface area contributed by atoms with Gasteiger partial charge in [0.25, 0.3) is 0 Å². The maximum absolute atomic E-state index is 6.07. The van der Waals surface area contributed by atoms with Gasteiger partial charge in [0.1, 0.15) is 0 Å². The second-order valence-electron chi connectivity index (χ2n) is 5.14. The van der Waals surface area contributed by atoms with Gasteiger partial charge >= 0.3 is 0 Å². The molecule has 2 rings (SSSR count). The van der Waals surface area contributed by atoms with Gasteiger partial charge in [-0.2, -0.15) is 0 Å². The van der Waals surface area contributed by atoms with Crippen LogP contribution in [0.4, 0.5) is 0 Å². The van der Waals surface area contributed by atoms with Gasteiger partial charge < -0.3 is 10.5 Å². The zero-order valence-electron chi connectivity index (χ0n) is 11.8. The molecule has 5 heteroatoms. The van der Waals surface area contributed by atoms with Gasteiger partial charge in [0.15, 0.2) is 0 Å². The van der Waals surface area contributed by atoms with E-state index in [-0.39, 0.29) is 6.04 Å². The fourth-order valence-electron chi connectivity index (χ4n) is 2.84. The minimum atomic E-state index is 0.229. The Hall–Kier alpha value is -0.130. The second kappa shape index (κ2) is 7.76. The number of hydrogen-bond donors (Lipinski definition) is 1. The molecule has 1 aromatic rings. The summed E-state index contributed by atoms with van der Waals surface area (Å²) >= 11 is 9.56. The number of piperidine rings is 1. The molecule has 0 amide bonds. The summed E-state index contributed by atoms with van der Waals surface area (Å²) in [7, 11) is 0. The predicted octanol–water partition coefficient (Wildman–Crippen LogP) is 3.60. The van der Waals surface area contributed by atoms with E-state index < -0.39 is 0 Å². The first-order chi connectivity index (χ1) is 9.65. The van der Waals surface area contributed by atoms with Crippen molar-refractivity contribution in [1.82, 2.24) is 4.90 Å². The van der Waals surface area contributed by atoms with Crippen LogP contribution in [0.15, 0.2) is 22.7 Å². The molecule has 1 saturated heterocycles. The van der Waals surface area contributed by atoms with Gasteiger partial charge in [-0.3, -0.25) is 4.90 Å². The van der Waals surface area contributed by atoms with Crippen molar-refractivity contribution in [1.29, 1.82) is 0 Å². The predicted molar refractivity (Wildman–Crippen MR) is 87.2 cm³/mol. The lowest BCUT2D eigenvalue weighted by molar-refractivity contribution is -0.00660. The van der Waals surface area contributed by atoms with E-state index in [1.165, 1.54) is 5.56 Å². The number of benzene rings is 1. The van der Waals surface area contributed by atoms with Crippen LogP contribution < -0.4 is 5.73 Å². The summed E-state index contributed by atoms with van der Waals surface area (Å²) in [5.41, 5.74) is 7.22. The van der Waals surface area contributed by atoms with E-state index in [9.17, 15) is 0 Å². The highest BCUT2D eigenvalue weighted by Crippen LogP contribution is 2.30. The number of rotatable bonds is 5. The minimum absolute atomic E-state index is 0.229. The molecule has 0 aliphatic carbocycles. The molecule has 1 aliphatic rings. The van der Waals surface area contributed by atoms with Gasteiger partial charge in [0.2, 0.25) is 0 Å². The van der Waals surface area contributed by atoms with Crippen molar-refractivity contribution in [2.45, 2.75) is 31.9 Å². The quantitative estimate of drug-likeness (QED) is 0.871. The van der Waals surface area contributed by atoms with Crippen LogP contribution >= 0.6 is 27.5 Å². The van der Waals surface area contributed by atoms with Gasteiger partial charge in [0.05, 0.1) is 11.1 Å². The molecule has 0 saturated carbocycles. The lowest BCUT2D eigenvalue weighted by Crippen LogP contribution is -2.44. The van der Waals surface area contributed by atoms with E-state index in [4.69, 9.17) is 22.1 Å². The summed E-state index contributed by atoms with van der Waals surface area (Å²) in [4.78, 5) is 2.43. The molecule has 0 bridgehead atoms. The fourth-order valence-corrected chi connectivity index (χ4v) is 3.35. The molecular formula is C15H22BrClN2O. The van der Waals surface area contributed by atoms with Crippen molar-refractivity contribution in [3.05, 3.63) is 33.3 Å². The van der Waals surface area contributed by atoms with Crippen molar-refractivity contribution in [2.75, 3.05) is 26.2 Å². The highest BCUT2D eigenvalue weighted by atomic mass is 79.9. The van der Waals surface area contributed by atoms with Crippen molar-refractivity contribution in [2.24, 2.45) is 5.73 Å². The Balaban J connectivity index is 2.12. The van der Waals surface area contributed by atoms with Crippen LogP contribution in [-0.2, 0) is 4.74 Å². The van der Waals surface area contributed by atoms with Crippen LogP contribution in [0.25, 0.3) is 0 Å². The molecule has 3 nitrogen and oxygen atoms in total. The molecule has 0 radical (unpaired) electrons. The first-order valence-corrected chi connectivity index (χ1v) is 8.33. The Bertz CT molecular complexity index is 442. The second-order valence-corrected chi connectivity index (χ2v) is 6.40. The zero-order chi connectivity index (χ0) is 14.5. The molecule has 1 aromatic carbocycles. The summed E-state index contributed by atoms with van der Waals surface area (Å²) in [6.45, 7) is 5.46. The van der Waals surface area contributed by atoms with Crippen molar-refractivity contribution in [3.8, 4) is 0 Å². The maximum atomic E-state index is 6.07. The molecule has 112 valence electrons. The standard InChI is InChI=1S/C15H22BrClN2O/c1-2-20-12-4-3-7-19(10-12)15(9-18)11-5-6-14(17)13(16)8-11/h5-6,8,12,15H,2-4,7,9-10,18H2,1H3. The lowest BCUT2D eigenvalue weighted by atomic mass is 10.0. The fraction of sp³-hybridized carbons (Fsp3) is 0.600. The number of likely N-dealkylation sites (tertiary alicyclic amines) is 1. The smallest absolute Gasteiger partial charge is 0.0702 e. The Kier molecular flexibility index (Phi) is 6.30. The van der Waals surface area contributed by atoms with Crippen LogP contribution in [-0.4, -0.2) is 37.2 Å². The third-order valence-corrected chi connectivity index (χ3v) is 5.02. The van der Waals surface area contributed by atoms with E-state index in [1.807, 2.05) is 6.07 Å². The first-order valence-electron chi connectivity index (χ1n) is 7.16. The maximum Gasteiger partial charge on any atom is 0.0702 e. The third kappa shape index (κ3) is 3.95. The topological polar surface area (TPSA) is 38.5 Å². The normalized spacial score (nSPS) is 21.9. The highest BCUT2D eigenvalue weighted by molar-refractivity contribution is 9.10. The van der Waals surface area contributed by atoms with Crippen LogP contribution in [0.2, 0.25) is 5.02 Å². The Morgan fingerprint density at radius 2 is 2.35 bits per heavy atom. The van der Waals surface area contributed by atoms with Crippen LogP contribution in [0, 0.1) is 0 Å². The molecular weight excluding hydrogens is 340 g/mol. The van der Waals surface area contributed by atoms with Crippen LogP contribution in [0.5, 0.6) is 0 Å². The molecule has 2 atom stereocenters. The summed E-state index contributed by atoms with van der Waals surface area (Å²) in [6, 6.07) is 6.29. The zero-order valence-corrected chi connectivity index (χ0v) is 14.2. The summed E-state index contributed by atoms with van der Waals surface area (Å²) in [5, 5.41) is 0.732. The van der Waals surface area contributed by atoms with E-state index in [0.29, 0.717) is 12.6 Å². The average molecular weight is 362 g/mol. The van der Waals surface area contributed by atoms with Gasteiger partial charge in [-0.1, -0.05) is 17.7 Å². The monoisotopic (exact) mass is 360 g/mol. The molecule has 1 fully saturated rings. The van der Waals surface area contributed by atoms with Crippen molar-refractivity contribution in [3.63, 3.8) is 0 Å². The number of nitrogens with two attached hydrogens (primary N) is 1. The minimum Gasteiger partial charge on any atom is -0.377 e. The average Bonchev–Trinajstić information content (AvgIpc) is 2.44. The van der Waals surface area contributed by atoms with Crippen molar-refractivity contribution < 1.29 is 4.74 Å². The van der Waals surface area contributed by atoms with E-state index in [0.717, 1.165) is 42.0 Å². The molecule has 2 unspecified atom stereocenters. The summed E-state index contributed by atoms with van der Waals surface area (Å²) < 4.78 is 6.70. The molecule has 0 aromatic heterocycles. The van der Waals surface area contributed by atoms with E-state index in [1.54, 1.807) is 0 Å². The number of hydrogen-bond acceptors (Lipinski definition) is 3. The Morgan fingerprint density at radius 1 is 1.55 bits per heavy atom. The third-order valence-electron chi connectivity index (χ3n) is 3.80. The molecule has 20 heavy (non-hydrogen) atoms. The van der Waals surface area contributed by atoms with Crippen LogP contribution in [0.3, 0.4) is 0 Å². The molecule has 0 spiro atoms. The van der Waals surface area contributed by atoms with Gasteiger partial charge in [-0.05, 0) is 59.9 Å². The van der Waals surface area contributed by atoms with E-state index >= 15 is 0 Å². The van der Waals surface area contributed by atoms with Crippen LogP contribution in [0.1, 0.15) is 31.4 Å². The van der Waals surface area contributed by atoms with Gasteiger partial charge in [-0.15, -0.1) is 0 Å². The molecule has 2 N–H and O–H groups in total. The van der Waals surface area contributed by atoms with Crippen molar-refractivity contribution >= 4 is 27.5 Å². The number of ether oxygens (including phenoxy) is 1. The Morgan fingerprint density at radius 3 is 3.00 bits per heavy atom. The first kappa shape index (κ1) is 16.2. The Labute approximate surface area is 134 Å². The molecule has 1 heterocycles.